The number of ether oxygens (including phenoxy) is 1. The number of carbonyl (C=O) groups excluding carboxylic acids is 1. The molecule has 0 saturated carbocycles. The van der Waals surface area contributed by atoms with Crippen LogP contribution in [-0.4, -0.2) is 28.1 Å². The summed E-state index contributed by atoms with van der Waals surface area (Å²) >= 11 is 0. The number of hydrogen-bond donors (Lipinski definition) is 2. The Labute approximate surface area is 92.1 Å². The summed E-state index contributed by atoms with van der Waals surface area (Å²) in [5.74, 6) is -2.77. The van der Waals surface area contributed by atoms with Crippen LogP contribution in [0.4, 0.5) is 0 Å². The van der Waals surface area contributed by atoms with Gasteiger partial charge in [-0.2, -0.15) is 0 Å². The molecule has 0 saturated heterocycles. The van der Waals surface area contributed by atoms with Crippen LogP contribution in [0.25, 0.3) is 0 Å². The molecule has 0 bridgehead atoms. The number of hydrogen-bond acceptors (Lipinski definition) is 4. The van der Waals surface area contributed by atoms with Crippen molar-refractivity contribution in [3.05, 3.63) is 37.6 Å². The van der Waals surface area contributed by atoms with E-state index in [1.165, 1.54) is 6.08 Å². The first kappa shape index (κ1) is 16.1. The molecule has 0 atom stereocenters. The Morgan fingerprint density at radius 3 is 1.94 bits per heavy atom. The zero-order valence-electron chi connectivity index (χ0n) is 8.46. The molecule has 0 aromatic heterocycles. The third-order valence-electron chi connectivity index (χ3n) is 0.880. The molecular weight excluding hydrogens is 216 g/mol. The highest BCUT2D eigenvalue weighted by molar-refractivity contribution is 5.90. The molecule has 0 aliphatic carbocycles. The predicted octanol–water partition coefficient (Wildman–Crippen LogP) is 0.961. The molecular formula is C10H12O6. The largest absolute Gasteiger partial charge is 0.481 e. The second-order valence-corrected chi connectivity index (χ2v) is 2.16. The SMILES string of the molecule is C=CCC(=O)O.C=COC(=O)/C=C\C(=O)O. The first-order chi connectivity index (χ1) is 7.43. The number of esters is 1. The van der Waals surface area contributed by atoms with Crippen molar-refractivity contribution in [3.8, 4) is 0 Å². The molecule has 0 aromatic rings. The van der Waals surface area contributed by atoms with Crippen molar-refractivity contribution in [3.63, 3.8) is 0 Å². The Hall–Kier alpha value is -2.37. The molecule has 6 nitrogen and oxygen atoms in total. The number of carbonyl (C=O) groups is 3. The van der Waals surface area contributed by atoms with Gasteiger partial charge in [-0.3, -0.25) is 4.79 Å². The molecule has 6 heteroatoms. The van der Waals surface area contributed by atoms with Crippen LogP contribution in [0, 0.1) is 0 Å². The fourth-order valence-corrected chi connectivity index (χ4v) is 0.384. The summed E-state index contributed by atoms with van der Waals surface area (Å²) in [4.78, 5) is 29.6. The van der Waals surface area contributed by atoms with Crippen molar-refractivity contribution in [2.75, 3.05) is 0 Å². The molecule has 0 heterocycles. The van der Waals surface area contributed by atoms with E-state index in [-0.39, 0.29) is 6.42 Å². The first-order valence-corrected chi connectivity index (χ1v) is 3.99. The van der Waals surface area contributed by atoms with Gasteiger partial charge >= 0.3 is 17.9 Å². The van der Waals surface area contributed by atoms with Gasteiger partial charge in [-0.1, -0.05) is 12.7 Å². The van der Waals surface area contributed by atoms with Crippen molar-refractivity contribution < 1.29 is 29.3 Å². The van der Waals surface area contributed by atoms with Crippen LogP contribution in [0.5, 0.6) is 0 Å². The lowest BCUT2D eigenvalue weighted by molar-refractivity contribution is -0.136. The third kappa shape index (κ3) is 17.6. The van der Waals surface area contributed by atoms with Gasteiger partial charge in [0, 0.05) is 12.2 Å². The highest BCUT2D eigenvalue weighted by Crippen LogP contribution is 1.80. The summed E-state index contributed by atoms with van der Waals surface area (Å²) in [7, 11) is 0. The summed E-state index contributed by atoms with van der Waals surface area (Å²) in [6.07, 6.45) is 3.81. The molecule has 0 fully saturated rings. The second kappa shape index (κ2) is 10.7. The minimum absolute atomic E-state index is 0.0556. The highest BCUT2D eigenvalue weighted by Gasteiger charge is 1.93. The molecule has 0 aliphatic rings. The van der Waals surface area contributed by atoms with Crippen LogP contribution >= 0.6 is 0 Å². The van der Waals surface area contributed by atoms with E-state index in [1.807, 2.05) is 0 Å². The molecule has 0 amide bonds. The van der Waals surface area contributed by atoms with E-state index in [1.54, 1.807) is 0 Å². The lowest BCUT2D eigenvalue weighted by Gasteiger charge is -1.87. The Morgan fingerprint density at radius 2 is 1.69 bits per heavy atom. The topological polar surface area (TPSA) is 101 Å². The predicted molar refractivity (Wildman–Crippen MR) is 55.5 cm³/mol. The van der Waals surface area contributed by atoms with Crippen molar-refractivity contribution in [2.45, 2.75) is 6.42 Å². The monoisotopic (exact) mass is 228 g/mol. The minimum Gasteiger partial charge on any atom is -0.481 e. The van der Waals surface area contributed by atoms with Gasteiger partial charge < -0.3 is 14.9 Å². The van der Waals surface area contributed by atoms with Crippen LogP contribution in [0.1, 0.15) is 6.42 Å². The van der Waals surface area contributed by atoms with Crippen LogP contribution in [0.15, 0.2) is 37.6 Å². The van der Waals surface area contributed by atoms with E-state index >= 15 is 0 Å². The Balaban J connectivity index is 0. The molecule has 0 spiro atoms. The molecule has 16 heavy (non-hydrogen) atoms. The normalized spacial score (nSPS) is 8.50. The average Bonchev–Trinajstić information content (AvgIpc) is 2.16. The molecule has 0 radical (unpaired) electrons. The van der Waals surface area contributed by atoms with Gasteiger partial charge in [0.25, 0.3) is 0 Å². The van der Waals surface area contributed by atoms with Crippen LogP contribution < -0.4 is 0 Å². The van der Waals surface area contributed by atoms with Crippen molar-refractivity contribution in [2.24, 2.45) is 0 Å². The lowest BCUT2D eigenvalue weighted by atomic mass is 10.4. The molecule has 2 N–H and O–H groups in total. The summed E-state index contributed by atoms with van der Waals surface area (Å²) in [6, 6.07) is 0. The number of rotatable bonds is 5. The molecule has 0 unspecified atom stereocenters. The highest BCUT2D eigenvalue weighted by atomic mass is 16.5. The summed E-state index contributed by atoms with van der Waals surface area (Å²) in [6.45, 7) is 6.32. The van der Waals surface area contributed by atoms with Crippen LogP contribution in [-0.2, 0) is 19.1 Å². The summed E-state index contributed by atoms with van der Waals surface area (Å²) < 4.78 is 4.17. The van der Waals surface area contributed by atoms with E-state index in [4.69, 9.17) is 10.2 Å². The van der Waals surface area contributed by atoms with E-state index in [2.05, 4.69) is 17.9 Å². The van der Waals surface area contributed by atoms with Gasteiger partial charge in [0.1, 0.15) is 0 Å². The van der Waals surface area contributed by atoms with Gasteiger partial charge in [-0.05, 0) is 0 Å². The van der Waals surface area contributed by atoms with Gasteiger partial charge in [0.05, 0.1) is 12.7 Å². The number of carboxylic acids is 2. The van der Waals surface area contributed by atoms with Crippen molar-refractivity contribution in [1.29, 1.82) is 0 Å². The summed E-state index contributed by atoms with van der Waals surface area (Å²) in [5, 5.41) is 15.9. The van der Waals surface area contributed by atoms with Gasteiger partial charge in [-0.15, -0.1) is 6.58 Å². The van der Waals surface area contributed by atoms with Gasteiger partial charge in [-0.25, -0.2) is 9.59 Å². The molecule has 0 rings (SSSR count). The molecule has 0 aliphatic heterocycles. The number of aliphatic carboxylic acids is 2. The van der Waals surface area contributed by atoms with E-state index < -0.39 is 17.9 Å². The van der Waals surface area contributed by atoms with Crippen LogP contribution in [0.3, 0.4) is 0 Å². The Bertz CT molecular complexity index is 302. The fourth-order valence-electron chi connectivity index (χ4n) is 0.384. The van der Waals surface area contributed by atoms with Crippen molar-refractivity contribution in [1.82, 2.24) is 0 Å². The Kier molecular flexibility index (Phi) is 10.8. The van der Waals surface area contributed by atoms with Crippen molar-refractivity contribution >= 4 is 17.9 Å². The van der Waals surface area contributed by atoms with Crippen LogP contribution in [0.2, 0.25) is 0 Å². The number of carboxylic acid groups (broad SMARTS) is 2. The maximum atomic E-state index is 10.3. The molecule has 88 valence electrons. The standard InChI is InChI=1S/C6H6O4.C4H6O2/c1-2-10-6(9)4-3-5(7)8;1-2-3-4(5)6/h2-4H,1H2,(H,7,8);2H,1,3H2,(H,5,6)/b4-3-;. The maximum absolute atomic E-state index is 10.3. The summed E-state index contributed by atoms with van der Waals surface area (Å²) in [5.41, 5.74) is 0. The van der Waals surface area contributed by atoms with Gasteiger partial charge in [0.2, 0.25) is 0 Å². The third-order valence-corrected chi connectivity index (χ3v) is 0.880. The Morgan fingerprint density at radius 1 is 1.12 bits per heavy atom. The van der Waals surface area contributed by atoms with E-state index in [0.29, 0.717) is 6.08 Å². The van der Waals surface area contributed by atoms with E-state index in [0.717, 1.165) is 12.3 Å². The quantitative estimate of drug-likeness (QED) is 0.314. The maximum Gasteiger partial charge on any atom is 0.335 e. The zero-order chi connectivity index (χ0) is 13.0. The van der Waals surface area contributed by atoms with Gasteiger partial charge in [0.15, 0.2) is 0 Å². The zero-order valence-corrected chi connectivity index (χ0v) is 8.46. The second-order valence-electron chi connectivity index (χ2n) is 2.16. The lowest BCUT2D eigenvalue weighted by Crippen LogP contribution is -1.95. The fraction of sp³-hybridized carbons (Fsp3) is 0.100. The molecule has 0 aromatic carbocycles. The first-order valence-electron chi connectivity index (χ1n) is 3.99. The minimum atomic E-state index is -1.19. The average molecular weight is 228 g/mol. The smallest absolute Gasteiger partial charge is 0.335 e. The van der Waals surface area contributed by atoms with E-state index in [9.17, 15) is 14.4 Å².